The number of aliphatic hydroxyl groups excluding tert-OH is 1. The van der Waals surface area contributed by atoms with E-state index in [-0.39, 0.29) is 28.0 Å². The molecule has 5 nitrogen and oxygen atoms in total. The summed E-state index contributed by atoms with van der Waals surface area (Å²) in [6.45, 7) is 3.60. The predicted molar refractivity (Wildman–Crippen MR) is 76.8 cm³/mol. The molecule has 0 saturated carbocycles. The van der Waals surface area contributed by atoms with Crippen molar-refractivity contribution in [2.75, 3.05) is 6.61 Å². The maximum atomic E-state index is 12.2. The molecule has 0 fully saturated rings. The molecule has 0 aliphatic rings. The van der Waals surface area contributed by atoms with E-state index in [0.29, 0.717) is 6.42 Å². The lowest BCUT2D eigenvalue weighted by atomic mass is 10.1. The Balaban J connectivity index is 2.99. The minimum Gasteiger partial charge on any atom is -0.395 e. The summed E-state index contributed by atoms with van der Waals surface area (Å²) in [6, 6.07) is 5.22. The second-order valence-corrected chi connectivity index (χ2v) is 7.00. The standard InChI is InChI=1S/C13H17ClN2O3S/c1-9(2)5-11(8-17)16-20(18,19)12-4-3-10(7-15)13(14)6-12/h3-4,6,9,11,16-17H,5,8H2,1-2H3. The fourth-order valence-electron chi connectivity index (χ4n) is 1.77. The van der Waals surface area contributed by atoms with Crippen LogP contribution in [0.3, 0.4) is 0 Å². The van der Waals surface area contributed by atoms with Crippen molar-refractivity contribution in [2.45, 2.75) is 31.2 Å². The van der Waals surface area contributed by atoms with Crippen LogP contribution in [0.15, 0.2) is 23.1 Å². The average molecular weight is 317 g/mol. The van der Waals surface area contributed by atoms with Gasteiger partial charge >= 0.3 is 0 Å². The molecule has 0 spiro atoms. The fraction of sp³-hybridized carbons (Fsp3) is 0.462. The van der Waals surface area contributed by atoms with Gasteiger partial charge < -0.3 is 5.11 Å². The molecule has 0 saturated heterocycles. The Bertz CT molecular complexity index is 609. The first kappa shape index (κ1) is 16.9. The van der Waals surface area contributed by atoms with Crippen LogP contribution in [0.1, 0.15) is 25.8 Å². The van der Waals surface area contributed by atoms with E-state index in [0.717, 1.165) is 0 Å². The van der Waals surface area contributed by atoms with Crippen LogP contribution in [0.25, 0.3) is 0 Å². The average Bonchev–Trinajstić information content (AvgIpc) is 2.36. The SMILES string of the molecule is CC(C)CC(CO)NS(=O)(=O)c1ccc(C#N)c(Cl)c1. The van der Waals surface area contributed by atoms with Crippen LogP contribution in [-0.4, -0.2) is 26.2 Å². The van der Waals surface area contributed by atoms with Gasteiger partial charge in [0.1, 0.15) is 6.07 Å². The first-order valence-electron chi connectivity index (χ1n) is 6.13. The van der Waals surface area contributed by atoms with Gasteiger partial charge in [0.15, 0.2) is 0 Å². The second-order valence-electron chi connectivity index (χ2n) is 4.88. The quantitative estimate of drug-likeness (QED) is 0.838. The summed E-state index contributed by atoms with van der Waals surface area (Å²) in [4.78, 5) is -0.0243. The van der Waals surface area contributed by atoms with E-state index in [4.69, 9.17) is 16.9 Å². The van der Waals surface area contributed by atoms with Gasteiger partial charge in [-0.05, 0) is 30.5 Å². The lowest BCUT2D eigenvalue weighted by molar-refractivity contribution is 0.240. The first-order chi connectivity index (χ1) is 9.30. The Labute approximate surface area is 124 Å². The van der Waals surface area contributed by atoms with Gasteiger partial charge in [0.05, 0.1) is 22.1 Å². The number of hydrogen-bond acceptors (Lipinski definition) is 4. The van der Waals surface area contributed by atoms with Crippen molar-refractivity contribution in [3.8, 4) is 6.07 Å². The van der Waals surface area contributed by atoms with Crippen molar-refractivity contribution in [1.82, 2.24) is 4.72 Å². The molecule has 1 atom stereocenters. The van der Waals surface area contributed by atoms with E-state index in [1.807, 2.05) is 19.9 Å². The molecule has 1 aromatic carbocycles. The highest BCUT2D eigenvalue weighted by Gasteiger charge is 2.21. The Morgan fingerprint density at radius 3 is 2.55 bits per heavy atom. The summed E-state index contributed by atoms with van der Waals surface area (Å²) in [5.74, 6) is 0.249. The number of nitrogens with zero attached hydrogens (tertiary/aromatic N) is 1. The largest absolute Gasteiger partial charge is 0.395 e. The molecule has 0 aliphatic heterocycles. The van der Waals surface area contributed by atoms with Gasteiger partial charge in [0, 0.05) is 6.04 Å². The number of nitrogens with one attached hydrogen (secondary N) is 1. The van der Waals surface area contributed by atoms with Crippen LogP contribution in [-0.2, 0) is 10.0 Å². The van der Waals surface area contributed by atoms with E-state index in [1.54, 1.807) is 0 Å². The molecule has 20 heavy (non-hydrogen) atoms. The normalized spacial score (nSPS) is 13.2. The van der Waals surface area contributed by atoms with E-state index in [1.165, 1.54) is 18.2 Å². The van der Waals surface area contributed by atoms with Crippen molar-refractivity contribution in [2.24, 2.45) is 5.92 Å². The number of rotatable bonds is 6. The molecule has 110 valence electrons. The molecular weight excluding hydrogens is 300 g/mol. The summed E-state index contributed by atoms with van der Waals surface area (Å²) < 4.78 is 26.8. The minimum atomic E-state index is -3.77. The number of sulfonamides is 1. The highest BCUT2D eigenvalue weighted by atomic mass is 35.5. The number of benzene rings is 1. The molecular formula is C13H17ClN2O3S. The molecule has 0 bridgehead atoms. The zero-order valence-corrected chi connectivity index (χ0v) is 12.9. The fourth-order valence-corrected chi connectivity index (χ4v) is 3.32. The smallest absolute Gasteiger partial charge is 0.240 e. The Morgan fingerprint density at radius 1 is 1.45 bits per heavy atom. The molecule has 1 unspecified atom stereocenters. The van der Waals surface area contributed by atoms with Crippen molar-refractivity contribution < 1.29 is 13.5 Å². The Morgan fingerprint density at radius 2 is 2.10 bits per heavy atom. The van der Waals surface area contributed by atoms with Crippen molar-refractivity contribution in [3.05, 3.63) is 28.8 Å². The van der Waals surface area contributed by atoms with E-state index in [9.17, 15) is 13.5 Å². The van der Waals surface area contributed by atoms with Gasteiger partial charge in [-0.1, -0.05) is 25.4 Å². The van der Waals surface area contributed by atoms with Crippen LogP contribution < -0.4 is 4.72 Å². The van der Waals surface area contributed by atoms with Crippen molar-refractivity contribution >= 4 is 21.6 Å². The van der Waals surface area contributed by atoms with Gasteiger partial charge in [-0.25, -0.2) is 13.1 Å². The zero-order chi connectivity index (χ0) is 15.3. The van der Waals surface area contributed by atoms with Gasteiger partial charge in [-0.15, -0.1) is 0 Å². The molecule has 0 amide bonds. The zero-order valence-electron chi connectivity index (χ0n) is 11.3. The molecule has 0 aliphatic carbocycles. The summed E-state index contributed by atoms with van der Waals surface area (Å²) >= 11 is 5.83. The van der Waals surface area contributed by atoms with Crippen LogP contribution in [0.5, 0.6) is 0 Å². The summed E-state index contributed by atoms with van der Waals surface area (Å²) in [5.41, 5.74) is 0.214. The molecule has 1 aromatic rings. The number of aliphatic hydroxyl groups is 1. The maximum absolute atomic E-state index is 12.2. The summed E-state index contributed by atoms with van der Waals surface area (Å²) in [6.07, 6.45) is 0.528. The van der Waals surface area contributed by atoms with Crippen LogP contribution in [0.2, 0.25) is 5.02 Å². The van der Waals surface area contributed by atoms with Crippen LogP contribution in [0.4, 0.5) is 0 Å². The molecule has 0 radical (unpaired) electrons. The van der Waals surface area contributed by atoms with Gasteiger partial charge in [-0.2, -0.15) is 5.26 Å². The third-order valence-electron chi connectivity index (χ3n) is 2.67. The number of hydrogen-bond donors (Lipinski definition) is 2. The van der Waals surface area contributed by atoms with E-state index >= 15 is 0 Å². The monoisotopic (exact) mass is 316 g/mol. The number of nitriles is 1. The third-order valence-corrected chi connectivity index (χ3v) is 4.50. The topological polar surface area (TPSA) is 90.2 Å². The Kier molecular flexibility index (Phi) is 5.96. The first-order valence-corrected chi connectivity index (χ1v) is 7.99. The maximum Gasteiger partial charge on any atom is 0.240 e. The van der Waals surface area contributed by atoms with Crippen LogP contribution in [0, 0.1) is 17.2 Å². The molecule has 2 N–H and O–H groups in total. The number of halogens is 1. The second kappa shape index (κ2) is 7.04. The van der Waals surface area contributed by atoms with Gasteiger partial charge in [-0.3, -0.25) is 0 Å². The highest BCUT2D eigenvalue weighted by Crippen LogP contribution is 2.20. The lowest BCUT2D eigenvalue weighted by Crippen LogP contribution is -2.38. The molecule has 0 heterocycles. The Hall–Kier alpha value is -1.13. The molecule has 1 rings (SSSR count). The summed E-state index contributed by atoms with van der Waals surface area (Å²) in [7, 11) is -3.77. The highest BCUT2D eigenvalue weighted by molar-refractivity contribution is 7.89. The van der Waals surface area contributed by atoms with Crippen molar-refractivity contribution in [3.63, 3.8) is 0 Å². The van der Waals surface area contributed by atoms with Crippen molar-refractivity contribution in [1.29, 1.82) is 5.26 Å². The van der Waals surface area contributed by atoms with Crippen LogP contribution >= 0.6 is 11.6 Å². The molecule has 7 heteroatoms. The van der Waals surface area contributed by atoms with Gasteiger partial charge in [0.2, 0.25) is 10.0 Å². The van der Waals surface area contributed by atoms with E-state index < -0.39 is 16.1 Å². The molecule has 0 aromatic heterocycles. The third kappa shape index (κ3) is 4.46. The van der Waals surface area contributed by atoms with Gasteiger partial charge in [0.25, 0.3) is 0 Å². The predicted octanol–water partition coefficient (Wildman–Crippen LogP) is 1.90. The minimum absolute atomic E-state index is 0.0243. The summed E-state index contributed by atoms with van der Waals surface area (Å²) in [5, 5.41) is 18.1. The van der Waals surface area contributed by atoms with E-state index in [2.05, 4.69) is 4.72 Å². The lowest BCUT2D eigenvalue weighted by Gasteiger charge is -2.18.